The van der Waals surface area contributed by atoms with Crippen molar-refractivity contribution in [3.05, 3.63) is 127 Å². The second-order valence-electron chi connectivity index (χ2n) is 5.33. The van der Waals surface area contributed by atoms with Crippen LogP contribution in [0.3, 0.4) is 0 Å². The molecule has 0 saturated heterocycles. The van der Waals surface area contributed by atoms with E-state index in [1.165, 1.54) is 16.4 Å². The number of fused-ring (bicyclic) bond motifs is 1. The molecule has 0 aliphatic carbocycles. The number of aromatic nitrogens is 6. The van der Waals surface area contributed by atoms with Gasteiger partial charge in [0.15, 0.2) is 0 Å². The van der Waals surface area contributed by atoms with E-state index in [9.17, 15) is 0 Å². The molecule has 6 aromatic rings. The maximum Gasteiger partial charge on any atom is 0.115 e. The average Bonchev–Trinajstić information content (AvgIpc) is 3.67. The fraction of sp³-hybridized carbons (Fsp3) is 0. The monoisotopic (exact) mass is 446 g/mol. The van der Waals surface area contributed by atoms with E-state index >= 15 is 0 Å². The van der Waals surface area contributed by atoms with Gasteiger partial charge in [0.2, 0.25) is 0 Å². The van der Waals surface area contributed by atoms with Gasteiger partial charge >= 0.3 is 0 Å². The number of rotatable bonds is 0. The van der Waals surface area contributed by atoms with Crippen LogP contribution >= 0.6 is 22.7 Å². The second kappa shape index (κ2) is 17.1. The average molecular weight is 447 g/mol. The molecule has 0 aliphatic rings. The van der Waals surface area contributed by atoms with Crippen molar-refractivity contribution in [2.75, 3.05) is 0 Å². The third kappa shape index (κ3) is 12.4. The molecule has 31 heavy (non-hydrogen) atoms. The summed E-state index contributed by atoms with van der Waals surface area (Å²) in [7, 11) is 0. The summed E-state index contributed by atoms with van der Waals surface area (Å²) >= 11 is 3.39. The van der Waals surface area contributed by atoms with Crippen LogP contribution in [0.5, 0.6) is 0 Å². The lowest BCUT2D eigenvalue weighted by atomic mass is 10.3. The summed E-state index contributed by atoms with van der Waals surface area (Å²) < 4.78 is 1.37. The molecule has 6 rings (SSSR count). The van der Waals surface area contributed by atoms with Gasteiger partial charge in [-0.3, -0.25) is 15.1 Å². The Morgan fingerprint density at radius 1 is 0.613 bits per heavy atom. The number of nitrogens with one attached hydrogen (secondary N) is 1. The van der Waals surface area contributed by atoms with Gasteiger partial charge in [0.25, 0.3) is 0 Å². The van der Waals surface area contributed by atoms with Crippen molar-refractivity contribution in [1.82, 2.24) is 30.1 Å². The normalized spacial score (nSPS) is 8.65. The van der Waals surface area contributed by atoms with Gasteiger partial charge in [-0.25, -0.2) is 9.97 Å². The Balaban J connectivity index is 0.000000141. The van der Waals surface area contributed by atoms with Crippen molar-refractivity contribution in [2.24, 2.45) is 0 Å². The Kier molecular flexibility index (Phi) is 13.0. The van der Waals surface area contributed by atoms with E-state index in [-0.39, 0.29) is 0 Å². The van der Waals surface area contributed by atoms with Gasteiger partial charge in [0.1, 0.15) is 6.33 Å². The van der Waals surface area contributed by atoms with E-state index in [1.54, 1.807) is 77.6 Å². The number of thiophene rings is 1. The summed E-state index contributed by atoms with van der Waals surface area (Å²) in [4.78, 5) is 14.9. The number of nitrogens with zero attached hydrogens (tertiary/aromatic N) is 5. The first kappa shape index (κ1) is 23.5. The topological polar surface area (TPSA) is 80.2 Å². The lowest BCUT2D eigenvalue weighted by Crippen LogP contribution is -1.66. The van der Waals surface area contributed by atoms with E-state index in [0.29, 0.717) is 0 Å². The predicted octanol–water partition coefficient (Wildman–Crippen LogP) is 6.01. The van der Waals surface area contributed by atoms with Crippen LogP contribution < -0.4 is 0 Å². The maximum atomic E-state index is 3.78. The van der Waals surface area contributed by atoms with Crippen LogP contribution in [0.1, 0.15) is 0 Å². The molecule has 5 aromatic heterocycles. The van der Waals surface area contributed by atoms with Gasteiger partial charge < -0.3 is 0 Å². The van der Waals surface area contributed by atoms with E-state index in [4.69, 9.17) is 0 Å². The minimum atomic E-state index is 1.35. The summed E-state index contributed by atoms with van der Waals surface area (Å²) in [5.41, 5.74) is 1.79. The highest BCUT2D eigenvalue weighted by molar-refractivity contribution is 7.17. The first-order chi connectivity index (χ1) is 15.5. The van der Waals surface area contributed by atoms with E-state index < -0.39 is 0 Å². The number of pyridine rings is 1. The van der Waals surface area contributed by atoms with Gasteiger partial charge in [0.05, 0.1) is 5.51 Å². The smallest absolute Gasteiger partial charge is 0.115 e. The number of H-pyrrole nitrogens is 1. The SMILES string of the molecule is c1ccc2sccc2c1.c1ccncc1.c1cn[nH]c1.c1cncnc1.c1cscn1. The molecule has 0 fully saturated rings. The zero-order chi connectivity index (χ0) is 21.7. The summed E-state index contributed by atoms with van der Waals surface area (Å²) in [5, 5.41) is 11.6. The standard InChI is InChI=1S/C8H6S.C5H5N.C4H4N2.C3H4N2.C3H3NS/c1-2-4-8-7(3-1)5-6-9-8;1-2-4-6-5-3-1;1-2-5-4-6-3-1;1-2-4-5-3-1;1-2-5-3-4-1/h1-6H;1-5H;1-4H;1-3H,(H,4,5);1-3H. The van der Waals surface area contributed by atoms with Crippen LogP contribution in [-0.4, -0.2) is 30.1 Å². The number of thiazole rings is 1. The van der Waals surface area contributed by atoms with Crippen molar-refractivity contribution >= 4 is 32.8 Å². The summed E-state index contributed by atoms with van der Waals surface area (Å²) in [6.45, 7) is 0. The molecular formula is C23H22N6S2. The second-order valence-corrected chi connectivity index (χ2v) is 7.03. The number of hydrogen-bond donors (Lipinski definition) is 1. The molecule has 6 nitrogen and oxygen atoms in total. The molecule has 0 radical (unpaired) electrons. The third-order valence-electron chi connectivity index (χ3n) is 3.16. The van der Waals surface area contributed by atoms with Crippen LogP contribution in [0, 0.1) is 0 Å². The van der Waals surface area contributed by atoms with Crippen LogP contribution in [0.4, 0.5) is 0 Å². The summed E-state index contributed by atoms with van der Waals surface area (Å²) in [6.07, 6.45) is 13.6. The molecule has 0 saturated carbocycles. The minimum absolute atomic E-state index is 1.35. The predicted molar refractivity (Wildman–Crippen MR) is 129 cm³/mol. The van der Waals surface area contributed by atoms with Gasteiger partial charge in [0, 0.05) is 53.5 Å². The minimum Gasteiger partial charge on any atom is -0.286 e. The molecule has 0 aliphatic heterocycles. The lowest BCUT2D eigenvalue weighted by Gasteiger charge is -1.82. The van der Waals surface area contributed by atoms with Crippen molar-refractivity contribution in [1.29, 1.82) is 0 Å². The van der Waals surface area contributed by atoms with Crippen molar-refractivity contribution in [3.8, 4) is 0 Å². The molecule has 0 unspecified atom stereocenters. The van der Waals surface area contributed by atoms with Gasteiger partial charge in [-0.1, -0.05) is 24.3 Å². The van der Waals surface area contributed by atoms with Crippen molar-refractivity contribution < 1.29 is 0 Å². The Labute approximate surface area is 189 Å². The molecule has 0 spiro atoms. The van der Waals surface area contributed by atoms with E-state index in [0.717, 1.165) is 0 Å². The largest absolute Gasteiger partial charge is 0.286 e. The molecule has 0 atom stereocenters. The quantitative estimate of drug-likeness (QED) is 0.309. The van der Waals surface area contributed by atoms with Crippen molar-refractivity contribution in [2.45, 2.75) is 0 Å². The van der Waals surface area contributed by atoms with Gasteiger partial charge in [-0.15, -0.1) is 22.7 Å². The Morgan fingerprint density at radius 2 is 1.42 bits per heavy atom. The van der Waals surface area contributed by atoms with Crippen LogP contribution in [-0.2, 0) is 0 Å². The zero-order valence-electron chi connectivity index (χ0n) is 16.7. The lowest BCUT2D eigenvalue weighted by molar-refractivity contribution is 1.09. The molecule has 156 valence electrons. The number of aromatic amines is 1. The first-order valence-electron chi connectivity index (χ1n) is 9.20. The molecule has 0 amide bonds. The highest BCUT2D eigenvalue weighted by Crippen LogP contribution is 2.18. The molecular weight excluding hydrogens is 424 g/mol. The molecule has 5 heterocycles. The molecule has 1 N–H and O–H groups in total. The highest BCUT2D eigenvalue weighted by Gasteiger charge is 1.87. The first-order valence-corrected chi connectivity index (χ1v) is 11.0. The van der Waals surface area contributed by atoms with Crippen LogP contribution in [0.25, 0.3) is 10.1 Å². The number of hydrogen-bond acceptors (Lipinski definition) is 7. The molecule has 8 heteroatoms. The number of benzene rings is 1. The van der Waals surface area contributed by atoms with Gasteiger partial charge in [-0.05, 0) is 47.2 Å². The van der Waals surface area contributed by atoms with Crippen molar-refractivity contribution in [3.63, 3.8) is 0 Å². The zero-order valence-corrected chi connectivity index (χ0v) is 18.3. The van der Waals surface area contributed by atoms with Gasteiger partial charge in [-0.2, -0.15) is 5.10 Å². The highest BCUT2D eigenvalue weighted by atomic mass is 32.1. The fourth-order valence-corrected chi connectivity index (χ4v) is 3.00. The Hall–Kier alpha value is -3.75. The van der Waals surface area contributed by atoms with Crippen LogP contribution in [0.15, 0.2) is 127 Å². The third-order valence-corrected chi connectivity index (χ3v) is 4.58. The Morgan fingerprint density at radius 3 is 1.81 bits per heavy atom. The summed E-state index contributed by atoms with van der Waals surface area (Å²) in [5.74, 6) is 0. The molecule has 0 bridgehead atoms. The Bertz CT molecular complexity index is 907. The fourth-order valence-electron chi connectivity index (χ4n) is 1.86. The molecule has 1 aromatic carbocycles. The van der Waals surface area contributed by atoms with E-state index in [2.05, 4.69) is 65.8 Å². The van der Waals surface area contributed by atoms with E-state index in [1.807, 2.05) is 29.6 Å². The maximum absolute atomic E-state index is 3.78. The van der Waals surface area contributed by atoms with Crippen LogP contribution in [0.2, 0.25) is 0 Å². The summed E-state index contributed by atoms with van der Waals surface area (Å²) in [6, 6.07) is 19.9.